The van der Waals surface area contributed by atoms with E-state index in [1.807, 2.05) is 6.92 Å². The minimum atomic E-state index is -0.350. The molecule has 0 aromatic carbocycles. The first kappa shape index (κ1) is 12.9. The van der Waals surface area contributed by atoms with Crippen molar-refractivity contribution >= 4 is 11.9 Å². The van der Waals surface area contributed by atoms with Gasteiger partial charge in [0.1, 0.15) is 6.10 Å². The average molecular weight is 266 g/mol. The molecule has 6 atom stereocenters. The summed E-state index contributed by atoms with van der Waals surface area (Å²) in [5.74, 6) is 1.35. The zero-order valence-corrected chi connectivity index (χ0v) is 11.6. The zero-order valence-electron chi connectivity index (χ0n) is 11.6. The summed E-state index contributed by atoms with van der Waals surface area (Å²) in [5.41, 5.74) is 0. The topological polar surface area (TPSA) is 52.6 Å². The van der Waals surface area contributed by atoms with Crippen molar-refractivity contribution in [1.82, 2.24) is 0 Å². The SMILES string of the molecule is CC(OC(=O)C1CC2CCC1C2C)C1CCOC1=O. The summed E-state index contributed by atoms with van der Waals surface area (Å²) in [5, 5.41) is 0. The third-order valence-electron chi connectivity index (χ3n) is 5.51. The molecule has 106 valence electrons. The third kappa shape index (κ3) is 2.15. The number of rotatable bonds is 3. The molecule has 2 aliphatic carbocycles. The van der Waals surface area contributed by atoms with Crippen LogP contribution >= 0.6 is 0 Å². The number of cyclic esters (lactones) is 1. The molecule has 19 heavy (non-hydrogen) atoms. The molecule has 2 bridgehead atoms. The van der Waals surface area contributed by atoms with Crippen LogP contribution in [0.5, 0.6) is 0 Å². The normalized spacial score (nSPS) is 42.2. The fourth-order valence-corrected chi connectivity index (χ4v) is 4.24. The van der Waals surface area contributed by atoms with Gasteiger partial charge in [0.05, 0.1) is 18.4 Å². The molecule has 1 heterocycles. The third-order valence-corrected chi connectivity index (χ3v) is 5.51. The first-order valence-corrected chi connectivity index (χ1v) is 7.45. The van der Waals surface area contributed by atoms with Gasteiger partial charge in [0, 0.05) is 0 Å². The van der Waals surface area contributed by atoms with Gasteiger partial charge < -0.3 is 9.47 Å². The summed E-state index contributed by atoms with van der Waals surface area (Å²) >= 11 is 0. The van der Waals surface area contributed by atoms with Gasteiger partial charge in [-0.25, -0.2) is 0 Å². The predicted octanol–water partition coefficient (Wildman–Crippen LogP) is 2.16. The van der Waals surface area contributed by atoms with E-state index < -0.39 is 0 Å². The van der Waals surface area contributed by atoms with E-state index in [2.05, 4.69) is 6.92 Å². The van der Waals surface area contributed by atoms with Gasteiger partial charge in [-0.2, -0.15) is 0 Å². The van der Waals surface area contributed by atoms with E-state index in [9.17, 15) is 9.59 Å². The van der Waals surface area contributed by atoms with Crippen LogP contribution in [0.2, 0.25) is 0 Å². The Hall–Kier alpha value is -1.06. The van der Waals surface area contributed by atoms with Crippen LogP contribution in [-0.2, 0) is 19.1 Å². The lowest BCUT2D eigenvalue weighted by atomic mass is 9.88. The average Bonchev–Trinajstić information content (AvgIpc) is 3.04. The van der Waals surface area contributed by atoms with Gasteiger partial charge in [0.2, 0.25) is 0 Å². The van der Waals surface area contributed by atoms with Crippen molar-refractivity contribution in [1.29, 1.82) is 0 Å². The van der Waals surface area contributed by atoms with Gasteiger partial charge >= 0.3 is 11.9 Å². The second kappa shape index (κ2) is 4.80. The Morgan fingerprint density at radius 3 is 2.68 bits per heavy atom. The lowest BCUT2D eigenvalue weighted by Crippen LogP contribution is -2.32. The largest absolute Gasteiger partial charge is 0.465 e. The van der Waals surface area contributed by atoms with E-state index in [-0.39, 0.29) is 29.9 Å². The van der Waals surface area contributed by atoms with E-state index >= 15 is 0 Å². The maximum atomic E-state index is 12.3. The molecule has 2 saturated carbocycles. The Morgan fingerprint density at radius 1 is 1.37 bits per heavy atom. The maximum Gasteiger partial charge on any atom is 0.312 e. The molecule has 4 nitrogen and oxygen atoms in total. The summed E-state index contributed by atoms with van der Waals surface area (Å²) < 4.78 is 10.5. The summed E-state index contributed by atoms with van der Waals surface area (Å²) in [4.78, 5) is 23.8. The Bertz CT molecular complexity index is 392. The molecule has 1 aliphatic heterocycles. The van der Waals surface area contributed by atoms with Crippen LogP contribution in [0.1, 0.15) is 39.5 Å². The summed E-state index contributed by atoms with van der Waals surface area (Å²) in [6.07, 6.45) is 3.72. The molecule has 0 aromatic heterocycles. The van der Waals surface area contributed by atoms with E-state index in [0.29, 0.717) is 30.8 Å². The van der Waals surface area contributed by atoms with Crippen LogP contribution in [-0.4, -0.2) is 24.6 Å². The molecular formula is C15H22O4. The summed E-state index contributed by atoms with van der Waals surface area (Å²) in [6, 6.07) is 0. The molecular weight excluding hydrogens is 244 g/mol. The quantitative estimate of drug-likeness (QED) is 0.735. The van der Waals surface area contributed by atoms with Crippen LogP contribution in [0.15, 0.2) is 0 Å². The van der Waals surface area contributed by atoms with Gasteiger partial charge in [-0.3, -0.25) is 9.59 Å². The summed E-state index contributed by atoms with van der Waals surface area (Å²) in [7, 11) is 0. The fraction of sp³-hybridized carbons (Fsp3) is 0.867. The zero-order chi connectivity index (χ0) is 13.6. The molecule has 0 N–H and O–H groups in total. The second-order valence-electron chi connectivity index (χ2n) is 6.41. The minimum Gasteiger partial charge on any atom is -0.465 e. The van der Waals surface area contributed by atoms with Crippen LogP contribution < -0.4 is 0 Å². The van der Waals surface area contributed by atoms with Gasteiger partial charge in [-0.15, -0.1) is 0 Å². The van der Waals surface area contributed by atoms with Crippen molar-refractivity contribution < 1.29 is 19.1 Å². The highest BCUT2D eigenvalue weighted by molar-refractivity contribution is 5.77. The van der Waals surface area contributed by atoms with Crippen molar-refractivity contribution in [3.8, 4) is 0 Å². The number of fused-ring (bicyclic) bond motifs is 2. The van der Waals surface area contributed by atoms with Crippen LogP contribution in [0.25, 0.3) is 0 Å². The van der Waals surface area contributed by atoms with E-state index in [1.165, 1.54) is 6.42 Å². The molecule has 3 rings (SSSR count). The molecule has 6 unspecified atom stereocenters. The van der Waals surface area contributed by atoms with Crippen molar-refractivity contribution in [3.63, 3.8) is 0 Å². The Morgan fingerprint density at radius 2 is 2.16 bits per heavy atom. The highest BCUT2D eigenvalue weighted by atomic mass is 16.6. The van der Waals surface area contributed by atoms with E-state index in [0.717, 1.165) is 12.8 Å². The number of carbonyl (C=O) groups excluding carboxylic acids is 2. The fourth-order valence-electron chi connectivity index (χ4n) is 4.24. The Kier molecular flexibility index (Phi) is 3.27. The predicted molar refractivity (Wildman–Crippen MR) is 68.1 cm³/mol. The highest BCUT2D eigenvalue weighted by Gasteiger charge is 2.49. The van der Waals surface area contributed by atoms with Crippen molar-refractivity contribution in [2.45, 2.75) is 45.6 Å². The number of carbonyl (C=O) groups is 2. The monoisotopic (exact) mass is 266 g/mol. The first-order chi connectivity index (χ1) is 9.08. The standard InChI is InChI=1S/C15H22O4/c1-8-10-3-4-11(8)13(7-10)15(17)19-9(2)12-5-6-18-14(12)16/h8-13H,3-7H2,1-2H3. The molecule has 3 fully saturated rings. The van der Waals surface area contributed by atoms with Gasteiger partial charge in [-0.1, -0.05) is 6.92 Å². The Labute approximate surface area is 113 Å². The minimum absolute atomic E-state index is 0.0635. The smallest absolute Gasteiger partial charge is 0.312 e. The molecule has 3 aliphatic rings. The lowest BCUT2D eigenvalue weighted by molar-refractivity contribution is -0.160. The number of hydrogen-bond donors (Lipinski definition) is 0. The molecule has 0 amide bonds. The molecule has 4 heteroatoms. The maximum absolute atomic E-state index is 12.3. The van der Waals surface area contributed by atoms with Crippen molar-refractivity contribution in [2.75, 3.05) is 6.61 Å². The second-order valence-corrected chi connectivity index (χ2v) is 6.41. The van der Waals surface area contributed by atoms with Crippen molar-refractivity contribution in [3.05, 3.63) is 0 Å². The van der Waals surface area contributed by atoms with Gasteiger partial charge in [-0.05, 0) is 50.4 Å². The first-order valence-electron chi connectivity index (χ1n) is 7.45. The van der Waals surface area contributed by atoms with Gasteiger partial charge in [0.15, 0.2) is 0 Å². The van der Waals surface area contributed by atoms with Crippen LogP contribution in [0.3, 0.4) is 0 Å². The molecule has 0 spiro atoms. The number of hydrogen-bond acceptors (Lipinski definition) is 4. The van der Waals surface area contributed by atoms with E-state index in [4.69, 9.17) is 9.47 Å². The van der Waals surface area contributed by atoms with Gasteiger partial charge in [0.25, 0.3) is 0 Å². The number of ether oxygens (including phenoxy) is 2. The highest BCUT2D eigenvalue weighted by Crippen LogP contribution is 2.52. The number of esters is 2. The van der Waals surface area contributed by atoms with Crippen LogP contribution in [0, 0.1) is 29.6 Å². The molecule has 1 saturated heterocycles. The molecule has 0 radical (unpaired) electrons. The molecule has 0 aromatic rings. The van der Waals surface area contributed by atoms with Crippen molar-refractivity contribution in [2.24, 2.45) is 29.6 Å². The lowest BCUT2D eigenvalue weighted by Gasteiger charge is -2.24. The Balaban J connectivity index is 1.58. The van der Waals surface area contributed by atoms with Crippen LogP contribution in [0.4, 0.5) is 0 Å². The summed E-state index contributed by atoms with van der Waals surface area (Å²) in [6.45, 7) is 4.52. The van der Waals surface area contributed by atoms with E-state index in [1.54, 1.807) is 0 Å².